The van der Waals surface area contributed by atoms with Crippen molar-refractivity contribution in [3.63, 3.8) is 0 Å². The van der Waals surface area contributed by atoms with Crippen LogP contribution >= 0.6 is 0 Å². The van der Waals surface area contributed by atoms with Gasteiger partial charge < -0.3 is 0 Å². The van der Waals surface area contributed by atoms with Gasteiger partial charge in [0, 0.05) is 11.5 Å². The number of ketones is 1. The summed E-state index contributed by atoms with van der Waals surface area (Å²) in [5, 5.41) is 0. The zero-order valence-electron chi connectivity index (χ0n) is 10.3. The van der Waals surface area contributed by atoms with Crippen LogP contribution in [0, 0.1) is 23.7 Å². The minimum absolute atomic E-state index is 0.240. The summed E-state index contributed by atoms with van der Waals surface area (Å²) < 4.78 is 0. The molecule has 1 fully saturated rings. The number of fused-ring (bicyclic) bond motifs is 1. The van der Waals surface area contributed by atoms with Gasteiger partial charge in [0.05, 0.1) is 0 Å². The highest BCUT2D eigenvalue weighted by atomic mass is 16.1. The van der Waals surface area contributed by atoms with E-state index < -0.39 is 0 Å². The van der Waals surface area contributed by atoms with Crippen molar-refractivity contribution in [2.75, 3.05) is 0 Å². The van der Waals surface area contributed by atoms with Crippen molar-refractivity contribution in [2.24, 2.45) is 23.7 Å². The highest BCUT2D eigenvalue weighted by Crippen LogP contribution is 2.51. The Morgan fingerprint density at radius 3 is 2.33 bits per heavy atom. The maximum absolute atomic E-state index is 12.6. The molecule has 0 amide bonds. The van der Waals surface area contributed by atoms with Gasteiger partial charge in [0.25, 0.3) is 0 Å². The van der Waals surface area contributed by atoms with Gasteiger partial charge >= 0.3 is 0 Å². The first-order valence-electron chi connectivity index (χ1n) is 6.84. The van der Waals surface area contributed by atoms with Crippen LogP contribution < -0.4 is 0 Å². The van der Waals surface area contributed by atoms with Gasteiger partial charge in [0.1, 0.15) is 0 Å². The van der Waals surface area contributed by atoms with Gasteiger partial charge in [0.2, 0.25) is 0 Å². The third kappa shape index (κ3) is 1.30. The molecular weight excluding hydrogens is 220 g/mol. The Hall–Kier alpha value is -1.63. The van der Waals surface area contributed by atoms with Crippen LogP contribution in [0.25, 0.3) is 5.57 Å². The second-order valence-electron chi connectivity index (χ2n) is 5.70. The van der Waals surface area contributed by atoms with E-state index >= 15 is 0 Å². The summed E-state index contributed by atoms with van der Waals surface area (Å²) in [4.78, 5) is 12.6. The molecule has 1 saturated carbocycles. The van der Waals surface area contributed by atoms with Crippen LogP contribution in [-0.2, 0) is 4.79 Å². The highest BCUT2D eigenvalue weighted by Gasteiger charge is 2.47. The summed E-state index contributed by atoms with van der Waals surface area (Å²) in [5.74, 6) is 2.18. The molecule has 5 rings (SSSR count). The molecule has 0 aliphatic heterocycles. The van der Waals surface area contributed by atoms with E-state index in [9.17, 15) is 4.79 Å². The molecule has 4 aliphatic rings. The Bertz CT molecular complexity index is 552. The quantitative estimate of drug-likeness (QED) is 0.682. The molecule has 0 radical (unpaired) electrons. The highest BCUT2D eigenvalue weighted by molar-refractivity contribution is 6.24. The number of allylic oxidation sites excluding steroid dienone is 4. The Kier molecular flexibility index (Phi) is 2.11. The van der Waals surface area contributed by atoms with Crippen LogP contribution in [0.3, 0.4) is 0 Å². The summed E-state index contributed by atoms with van der Waals surface area (Å²) >= 11 is 0. The van der Waals surface area contributed by atoms with Crippen molar-refractivity contribution in [1.29, 1.82) is 0 Å². The third-order valence-electron chi connectivity index (χ3n) is 4.82. The lowest BCUT2D eigenvalue weighted by Crippen LogP contribution is -2.37. The molecular formula is C17H16O. The normalized spacial score (nSPS) is 36.7. The van der Waals surface area contributed by atoms with Gasteiger partial charge in [-0.05, 0) is 36.2 Å². The molecule has 0 heterocycles. The SMILES string of the molecule is O=C1C(c2ccccc2)=C[C@@H]2[C@H]1[C@H]1C=C[C@@H]2CC1. The molecule has 1 aromatic carbocycles. The summed E-state index contributed by atoms with van der Waals surface area (Å²) in [6.07, 6.45) is 9.34. The number of hydrogen-bond donors (Lipinski definition) is 0. The lowest BCUT2D eigenvalue weighted by Gasteiger charge is -2.40. The monoisotopic (exact) mass is 236 g/mol. The van der Waals surface area contributed by atoms with E-state index in [2.05, 4.69) is 30.4 Å². The molecule has 0 aromatic heterocycles. The van der Waals surface area contributed by atoms with Gasteiger partial charge in [-0.3, -0.25) is 4.79 Å². The Labute approximate surface area is 107 Å². The van der Waals surface area contributed by atoms with E-state index in [0.29, 0.717) is 23.5 Å². The molecule has 4 atom stereocenters. The zero-order chi connectivity index (χ0) is 12.1. The summed E-state index contributed by atoms with van der Waals surface area (Å²) in [7, 11) is 0. The number of carbonyl (C=O) groups is 1. The van der Waals surface area contributed by atoms with E-state index in [-0.39, 0.29) is 5.92 Å². The first-order valence-corrected chi connectivity index (χ1v) is 6.84. The van der Waals surface area contributed by atoms with Crippen molar-refractivity contribution in [3.8, 4) is 0 Å². The summed E-state index contributed by atoms with van der Waals surface area (Å²) in [5.41, 5.74) is 2.06. The van der Waals surface area contributed by atoms with Gasteiger partial charge in [-0.15, -0.1) is 0 Å². The predicted octanol–water partition coefficient (Wildman–Crippen LogP) is 3.48. The predicted molar refractivity (Wildman–Crippen MR) is 71.8 cm³/mol. The average molecular weight is 236 g/mol. The Morgan fingerprint density at radius 1 is 0.944 bits per heavy atom. The molecule has 4 aliphatic carbocycles. The fourth-order valence-corrected chi connectivity index (χ4v) is 3.94. The smallest absolute Gasteiger partial charge is 0.167 e. The van der Waals surface area contributed by atoms with Gasteiger partial charge in [-0.25, -0.2) is 0 Å². The van der Waals surface area contributed by atoms with Gasteiger partial charge in [0.15, 0.2) is 5.78 Å². The number of hydrogen-bond acceptors (Lipinski definition) is 1. The maximum atomic E-state index is 12.6. The van der Waals surface area contributed by atoms with Crippen LogP contribution in [-0.4, -0.2) is 5.78 Å². The van der Waals surface area contributed by atoms with Crippen LogP contribution in [0.5, 0.6) is 0 Å². The fourth-order valence-electron chi connectivity index (χ4n) is 3.94. The van der Waals surface area contributed by atoms with Gasteiger partial charge in [-0.1, -0.05) is 48.6 Å². The molecule has 18 heavy (non-hydrogen) atoms. The molecule has 1 aromatic rings. The molecule has 0 N–H and O–H groups in total. The van der Waals surface area contributed by atoms with E-state index in [0.717, 1.165) is 11.1 Å². The van der Waals surface area contributed by atoms with Crippen LogP contribution in [0.4, 0.5) is 0 Å². The van der Waals surface area contributed by atoms with E-state index in [1.54, 1.807) is 0 Å². The topological polar surface area (TPSA) is 17.1 Å². The van der Waals surface area contributed by atoms with E-state index in [1.807, 2.05) is 18.2 Å². The van der Waals surface area contributed by atoms with Crippen molar-refractivity contribution in [3.05, 3.63) is 54.1 Å². The van der Waals surface area contributed by atoms with Crippen molar-refractivity contribution in [2.45, 2.75) is 12.8 Å². The zero-order valence-corrected chi connectivity index (χ0v) is 10.3. The number of benzene rings is 1. The molecule has 90 valence electrons. The van der Waals surface area contributed by atoms with Crippen LogP contribution in [0.2, 0.25) is 0 Å². The van der Waals surface area contributed by atoms with Crippen molar-refractivity contribution < 1.29 is 4.79 Å². The summed E-state index contributed by atoms with van der Waals surface area (Å²) in [6.45, 7) is 0. The van der Waals surface area contributed by atoms with E-state index in [4.69, 9.17) is 0 Å². The van der Waals surface area contributed by atoms with Gasteiger partial charge in [-0.2, -0.15) is 0 Å². The second-order valence-corrected chi connectivity index (χ2v) is 5.70. The molecule has 0 spiro atoms. The first-order chi connectivity index (χ1) is 8.84. The minimum Gasteiger partial charge on any atom is -0.294 e. The lowest BCUT2D eigenvalue weighted by molar-refractivity contribution is -0.120. The number of rotatable bonds is 1. The standard InChI is InChI=1S/C17H16O/c18-17-15(11-4-2-1-3-5-11)10-14-12-6-8-13(9-7-12)16(14)17/h1-6,8,10,12-14,16H,7,9H2/t12-,13+,14+,16-/m1/s1. The molecule has 1 nitrogen and oxygen atoms in total. The van der Waals surface area contributed by atoms with Crippen molar-refractivity contribution >= 4 is 11.4 Å². The molecule has 2 bridgehead atoms. The Morgan fingerprint density at radius 2 is 1.67 bits per heavy atom. The first kappa shape index (κ1) is 10.3. The lowest BCUT2D eigenvalue weighted by atomic mass is 9.63. The average Bonchev–Trinajstić information content (AvgIpc) is 2.81. The van der Waals surface area contributed by atoms with E-state index in [1.165, 1.54) is 12.8 Å². The minimum atomic E-state index is 0.240. The summed E-state index contributed by atoms with van der Waals surface area (Å²) in [6, 6.07) is 10.1. The van der Waals surface area contributed by atoms with Crippen LogP contribution in [0.15, 0.2) is 48.6 Å². The van der Waals surface area contributed by atoms with Crippen molar-refractivity contribution in [1.82, 2.24) is 0 Å². The number of carbonyl (C=O) groups excluding carboxylic acids is 1. The molecule has 1 heteroatoms. The largest absolute Gasteiger partial charge is 0.294 e. The maximum Gasteiger partial charge on any atom is 0.167 e. The van der Waals surface area contributed by atoms with Crippen LogP contribution in [0.1, 0.15) is 18.4 Å². The Balaban J connectivity index is 1.77. The molecule has 0 saturated heterocycles. The second kappa shape index (κ2) is 3.68. The number of Topliss-reactive ketones (excluding diaryl/α,β-unsaturated/α-hetero) is 1. The third-order valence-corrected chi connectivity index (χ3v) is 4.82. The fraction of sp³-hybridized carbons (Fsp3) is 0.353. The molecule has 0 unspecified atom stereocenters.